The fraction of sp³-hybridized carbons (Fsp3) is 0.105. The quantitative estimate of drug-likeness (QED) is 0.408. The Kier molecular flexibility index (Phi) is 6.84. The Morgan fingerprint density at radius 3 is 2.48 bits per heavy atom. The second-order valence-corrected chi connectivity index (χ2v) is 8.76. The van der Waals surface area contributed by atoms with Crippen molar-refractivity contribution in [3.05, 3.63) is 71.0 Å². The first-order valence-electron chi connectivity index (χ1n) is 8.72. The highest BCUT2D eigenvalue weighted by atomic mass is 32.2. The van der Waals surface area contributed by atoms with E-state index >= 15 is 0 Å². The lowest BCUT2D eigenvalue weighted by molar-refractivity contribution is -0.119. The number of benzene rings is 1. The Morgan fingerprint density at radius 2 is 1.84 bits per heavy atom. The molecular weight excluding hydrogens is 446 g/mol. The molecule has 1 aromatic carbocycles. The van der Waals surface area contributed by atoms with E-state index in [1.165, 1.54) is 36.6 Å². The Morgan fingerprint density at radius 1 is 1.10 bits per heavy atom. The zero-order valence-corrected chi connectivity index (χ0v) is 17.5. The molecule has 0 radical (unpaired) electrons. The molecule has 0 atom stereocenters. The molecule has 3 rings (SSSR count). The number of ether oxygens (including phenoxy) is 1. The molecule has 0 fully saturated rings. The minimum atomic E-state index is -3.81. The van der Waals surface area contributed by atoms with E-state index in [2.05, 4.69) is 10.0 Å². The summed E-state index contributed by atoms with van der Waals surface area (Å²) in [7, 11) is -3.81. The van der Waals surface area contributed by atoms with Crippen molar-refractivity contribution in [1.29, 1.82) is 0 Å². The Hall–Kier alpha value is -3.48. The van der Waals surface area contributed by atoms with Crippen LogP contribution in [0.5, 0.6) is 0 Å². The van der Waals surface area contributed by atoms with Gasteiger partial charge in [-0.25, -0.2) is 17.9 Å². The number of hydrogen-bond donors (Lipinski definition) is 3. The van der Waals surface area contributed by atoms with E-state index in [9.17, 15) is 22.8 Å². The number of hydrogen-bond acceptors (Lipinski definition) is 8. The van der Waals surface area contributed by atoms with Crippen molar-refractivity contribution in [1.82, 2.24) is 4.72 Å². The van der Waals surface area contributed by atoms with Crippen LogP contribution in [-0.4, -0.2) is 32.8 Å². The predicted molar refractivity (Wildman–Crippen MR) is 111 cm³/mol. The van der Waals surface area contributed by atoms with E-state index in [4.69, 9.17) is 14.9 Å². The summed E-state index contributed by atoms with van der Waals surface area (Å²) >= 11 is 1.10. The third kappa shape index (κ3) is 5.78. The number of nitrogens with two attached hydrogens (primary N) is 1. The Balaban J connectivity index is 1.54. The highest BCUT2D eigenvalue weighted by Crippen LogP contribution is 2.22. The molecule has 31 heavy (non-hydrogen) atoms. The van der Waals surface area contributed by atoms with Gasteiger partial charge in [0, 0.05) is 0 Å². The standard InChI is InChI=1S/C19H17N3O7S2/c20-17(24)15-7-9-30-18(15)22-16(23)11-29-19(25)12-3-5-14(6-4-12)31(26,27)21-10-13-2-1-8-28-13/h1-9,21H,10-11H2,(H2,20,24)(H,22,23). The van der Waals surface area contributed by atoms with E-state index in [-0.39, 0.29) is 27.6 Å². The number of thiophene rings is 1. The lowest BCUT2D eigenvalue weighted by Gasteiger charge is -2.08. The maximum atomic E-state index is 12.3. The minimum absolute atomic E-state index is 0.0179. The van der Waals surface area contributed by atoms with Crippen LogP contribution in [0.25, 0.3) is 0 Å². The van der Waals surface area contributed by atoms with Crippen LogP contribution in [0, 0.1) is 0 Å². The van der Waals surface area contributed by atoms with Crippen LogP contribution in [0.1, 0.15) is 26.5 Å². The lowest BCUT2D eigenvalue weighted by Crippen LogP contribution is -2.23. The number of amides is 2. The first-order valence-corrected chi connectivity index (χ1v) is 11.1. The third-order valence-electron chi connectivity index (χ3n) is 3.93. The van der Waals surface area contributed by atoms with Gasteiger partial charge in [-0.15, -0.1) is 11.3 Å². The zero-order chi connectivity index (χ0) is 22.4. The molecule has 4 N–H and O–H groups in total. The van der Waals surface area contributed by atoms with Gasteiger partial charge in [0.25, 0.3) is 11.8 Å². The first-order chi connectivity index (χ1) is 14.8. The summed E-state index contributed by atoms with van der Waals surface area (Å²) in [6.07, 6.45) is 1.43. The van der Waals surface area contributed by atoms with Gasteiger partial charge in [0.2, 0.25) is 10.0 Å². The molecule has 0 spiro atoms. The zero-order valence-electron chi connectivity index (χ0n) is 15.9. The highest BCUT2D eigenvalue weighted by Gasteiger charge is 2.17. The van der Waals surface area contributed by atoms with Gasteiger partial charge in [0.05, 0.1) is 28.8 Å². The van der Waals surface area contributed by atoms with E-state index in [1.807, 2.05) is 0 Å². The number of esters is 1. The number of furan rings is 1. The van der Waals surface area contributed by atoms with Gasteiger partial charge in [-0.2, -0.15) is 0 Å². The molecule has 0 saturated carbocycles. The summed E-state index contributed by atoms with van der Waals surface area (Å²) in [4.78, 5) is 35.3. The molecule has 10 nitrogen and oxygen atoms in total. The maximum absolute atomic E-state index is 12.3. The normalized spacial score (nSPS) is 11.1. The van der Waals surface area contributed by atoms with Gasteiger partial charge in [0.1, 0.15) is 10.8 Å². The monoisotopic (exact) mass is 463 g/mol. The van der Waals surface area contributed by atoms with Crippen molar-refractivity contribution < 1.29 is 32.0 Å². The fourth-order valence-electron chi connectivity index (χ4n) is 2.41. The smallest absolute Gasteiger partial charge is 0.338 e. The molecule has 2 heterocycles. The maximum Gasteiger partial charge on any atom is 0.338 e. The van der Waals surface area contributed by atoms with Crippen LogP contribution in [0.3, 0.4) is 0 Å². The molecular formula is C19H17N3O7S2. The number of carbonyl (C=O) groups is 3. The van der Waals surface area contributed by atoms with Crippen molar-refractivity contribution in [3.63, 3.8) is 0 Å². The Labute approximate surface area is 181 Å². The molecule has 0 aliphatic carbocycles. The van der Waals surface area contributed by atoms with Crippen LogP contribution in [0.15, 0.2) is 63.4 Å². The van der Waals surface area contributed by atoms with Crippen LogP contribution >= 0.6 is 11.3 Å². The number of rotatable bonds is 9. The summed E-state index contributed by atoms with van der Waals surface area (Å²) in [5.41, 5.74) is 5.41. The summed E-state index contributed by atoms with van der Waals surface area (Å²) in [6, 6.07) is 9.76. The van der Waals surface area contributed by atoms with Gasteiger partial charge >= 0.3 is 5.97 Å². The molecule has 0 aliphatic heterocycles. The van der Waals surface area contributed by atoms with Crippen LogP contribution in [-0.2, 0) is 26.1 Å². The van der Waals surface area contributed by atoms with Gasteiger partial charge in [-0.05, 0) is 47.8 Å². The molecule has 12 heteroatoms. The number of carbonyl (C=O) groups excluding carboxylic acids is 3. The molecule has 0 aliphatic rings. The van der Waals surface area contributed by atoms with E-state index in [1.54, 1.807) is 17.5 Å². The lowest BCUT2D eigenvalue weighted by atomic mass is 10.2. The minimum Gasteiger partial charge on any atom is -0.468 e. The van der Waals surface area contributed by atoms with Gasteiger partial charge < -0.3 is 20.2 Å². The summed E-state index contributed by atoms with van der Waals surface area (Å²) in [5.74, 6) is -1.71. The molecule has 162 valence electrons. The topological polar surface area (TPSA) is 158 Å². The molecule has 0 unspecified atom stereocenters. The summed E-state index contributed by atoms with van der Waals surface area (Å²) < 4.78 is 37.0. The largest absolute Gasteiger partial charge is 0.468 e. The van der Waals surface area contributed by atoms with Crippen molar-refractivity contribution in [3.8, 4) is 0 Å². The number of anilines is 1. The number of sulfonamides is 1. The van der Waals surface area contributed by atoms with E-state index in [0.29, 0.717) is 5.76 Å². The van der Waals surface area contributed by atoms with Crippen LogP contribution in [0.2, 0.25) is 0 Å². The van der Waals surface area contributed by atoms with Gasteiger partial charge in [-0.3, -0.25) is 9.59 Å². The van der Waals surface area contributed by atoms with Crippen LogP contribution in [0.4, 0.5) is 5.00 Å². The molecule has 0 saturated heterocycles. The van der Waals surface area contributed by atoms with Crippen molar-refractivity contribution in [2.45, 2.75) is 11.4 Å². The highest BCUT2D eigenvalue weighted by molar-refractivity contribution is 7.89. The average Bonchev–Trinajstić information content (AvgIpc) is 3.42. The van der Waals surface area contributed by atoms with E-state index < -0.39 is 34.4 Å². The number of primary amides is 1. The second kappa shape index (κ2) is 9.55. The van der Waals surface area contributed by atoms with Gasteiger partial charge in [-0.1, -0.05) is 0 Å². The van der Waals surface area contributed by atoms with E-state index in [0.717, 1.165) is 11.3 Å². The van der Waals surface area contributed by atoms with Crippen LogP contribution < -0.4 is 15.8 Å². The second-order valence-electron chi connectivity index (χ2n) is 6.08. The van der Waals surface area contributed by atoms with Crippen molar-refractivity contribution in [2.75, 3.05) is 11.9 Å². The molecule has 2 amide bonds. The van der Waals surface area contributed by atoms with Gasteiger partial charge in [0.15, 0.2) is 6.61 Å². The first kappa shape index (κ1) is 22.2. The Bertz CT molecular complexity index is 1180. The molecule has 2 aromatic heterocycles. The molecule has 0 bridgehead atoms. The van der Waals surface area contributed by atoms with Crippen molar-refractivity contribution in [2.24, 2.45) is 5.73 Å². The fourth-order valence-corrected chi connectivity index (χ4v) is 4.21. The average molecular weight is 463 g/mol. The molecule has 3 aromatic rings. The SMILES string of the molecule is NC(=O)c1ccsc1NC(=O)COC(=O)c1ccc(S(=O)(=O)NCc2ccco2)cc1. The summed E-state index contributed by atoms with van der Waals surface area (Å²) in [5, 5.41) is 4.28. The third-order valence-corrected chi connectivity index (χ3v) is 6.18. The van der Waals surface area contributed by atoms with Crippen molar-refractivity contribution >= 4 is 44.1 Å². The summed E-state index contributed by atoms with van der Waals surface area (Å²) in [6.45, 7) is -0.615. The number of nitrogens with one attached hydrogen (secondary N) is 2. The predicted octanol–water partition coefficient (Wildman–Crippen LogP) is 1.71.